The molecule has 0 radical (unpaired) electrons. The Hall–Kier alpha value is -3.82. The molecule has 0 unspecified atom stereocenters. The fourth-order valence-electron chi connectivity index (χ4n) is 14.3. The number of methoxy groups -OCH3 is 2. The number of ether oxygens (including phenoxy) is 8. The molecule has 0 aromatic carbocycles. The molecule has 88 heavy (non-hydrogen) atoms. The Labute approximate surface area is 531 Å². The summed E-state index contributed by atoms with van der Waals surface area (Å²) in [7, 11) is -2.88. The van der Waals surface area contributed by atoms with Gasteiger partial charge in [-0.2, -0.15) is 0 Å². The number of carbonyl (C=O) groups is 1. The fourth-order valence-corrected chi connectivity index (χ4v) is 23.4. The number of nitrogens with zero attached hydrogens (tertiary/aromatic N) is 2. The second-order valence-corrected chi connectivity index (χ2v) is 42.6. The van der Waals surface area contributed by atoms with E-state index in [2.05, 4.69) is 139 Å². The van der Waals surface area contributed by atoms with Crippen LogP contribution < -0.4 is 0 Å². The van der Waals surface area contributed by atoms with Crippen LogP contribution in [0.15, 0.2) is 81.1 Å². The zero-order valence-electron chi connectivity index (χ0n) is 56.8. The summed E-state index contributed by atoms with van der Waals surface area (Å²) in [4.78, 5) is 23.8. The van der Waals surface area contributed by atoms with Crippen LogP contribution in [0.1, 0.15) is 177 Å². The van der Waals surface area contributed by atoms with Crippen molar-refractivity contribution in [3.05, 3.63) is 95.4 Å². The predicted octanol–water partition coefficient (Wildman–Crippen LogP) is 16.2. The van der Waals surface area contributed by atoms with E-state index < -0.39 is 67.2 Å². The normalized spacial score (nSPS) is 30.6. The van der Waals surface area contributed by atoms with Gasteiger partial charge in [0, 0.05) is 57.8 Å². The van der Waals surface area contributed by atoms with Gasteiger partial charge in [-0.25, -0.2) is 14.8 Å². The SMILES string of the molecule is C=C1C[C@@H]2C[C@@H]3CCO[C@@H](O3)c3coc(n3)/C=C/C[C@H]3O[C@@H](/C(C)=C/c4coc(C[C@]5(O[Si](CC)(CC)CC)C[C@H](OC)C[C@H]([C@@H](/C=C(C)/C=C/[C@@H](CC#C[Si](C)(C)C)OC)O[Si](C(C)C)(C(C)C)C(C)C)O5)n4)[C@H](C)[C@@H](OC(=O)/C=C/C[C@@H](C1)O2)[C@H]3C. The van der Waals surface area contributed by atoms with E-state index in [1.165, 1.54) is 0 Å². The number of carbonyl (C=O) groups excluding carboxylic acids is 1. The highest BCUT2D eigenvalue weighted by Gasteiger charge is 2.53. The summed E-state index contributed by atoms with van der Waals surface area (Å²) in [6.07, 6.45) is 21.8. The summed E-state index contributed by atoms with van der Waals surface area (Å²) in [6, 6.07) is 2.76. The molecule has 15 nitrogen and oxygen atoms in total. The molecule has 5 aliphatic heterocycles. The molecule has 2 aromatic heterocycles. The number of oxazole rings is 2. The summed E-state index contributed by atoms with van der Waals surface area (Å²) in [5.41, 5.74) is 8.81. The van der Waals surface area contributed by atoms with Gasteiger partial charge in [-0.05, 0) is 98.4 Å². The minimum Gasteiger partial charge on any atom is -0.458 e. The monoisotopic (exact) mass is 1270 g/mol. The number of esters is 1. The van der Waals surface area contributed by atoms with Gasteiger partial charge in [0.1, 0.15) is 38.1 Å². The Bertz CT molecular complexity index is 2770. The van der Waals surface area contributed by atoms with Crippen LogP contribution in [0.25, 0.3) is 12.2 Å². The smallest absolute Gasteiger partial charge is 0.330 e. The standard InChI is InChI=1S/C70H110N2O13Si3/c1-20-87(21-2,22-3)85-70(42-59(75-16)41-62(83-70)63(84-88(46(4)5,47(6)7)48(8)9)38-49(10)31-32-55(74-15)27-25-35-86(17,18)19)43-65-71-54(44-77-65)39-51(12)67-53(14)68-52(13)61(81-67)28-24-29-64-72-60(45-78-64)69-76-34-33-57(80-69)40-58-37-50(11)36-56(79-58)26-23-30-66(73)82-68/h23-24,29-32,38-39,44-48,52-53,55-59,61-63,67-69H,11,20-22,26-28,33-34,36-37,40-43H2,1-10,12-19H3/b29-24+,30-23+,32-31+,49-38+,51-39+/t52-,53-,55+,56-,57-,58+,59+,61+,62+,63+,67-,68-,69-,70+/m0/s1. The maximum Gasteiger partial charge on any atom is 0.330 e. The predicted molar refractivity (Wildman–Crippen MR) is 356 cm³/mol. The van der Waals surface area contributed by atoms with Crippen LogP contribution in [0.3, 0.4) is 0 Å². The van der Waals surface area contributed by atoms with Crippen LogP contribution in [-0.2, 0) is 58.0 Å². The minimum atomic E-state index is -2.50. The number of hydrogen-bond acceptors (Lipinski definition) is 15. The summed E-state index contributed by atoms with van der Waals surface area (Å²) in [5.74, 6) is 2.41. The number of rotatable bonds is 21. The van der Waals surface area contributed by atoms with E-state index in [4.69, 9.17) is 65.5 Å². The average Bonchev–Trinajstić information content (AvgIpc) is 1.75. The van der Waals surface area contributed by atoms with E-state index >= 15 is 0 Å². The molecule has 7 rings (SSSR count). The van der Waals surface area contributed by atoms with Crippen molar-refractivity contribution in [2.45, 2.75) is 282 Å². The van der Waals surface area contributed by atoms with E-state index in [-0.39, 0.29) is 54.9 Å². The van der Waals surface area contributed by atoms with E-state index in [1.807, 2.05) is 31.2 Å². The Kier molecular flexibility index (Phi) is 26.2. The second-order valence-electron chi connectivity index (χ2n) is 27.8. The summed E-state index contributed by atoms with van der Waals surface area (Å²) >= 11 is 0. The van der Waals surface area contributed by atoms with Gasteiger partial charge in [0.05, 0.1) is 68.0 Å². The van der Waals surface area contributed by atoms with E-state index in [9.17, 15) is 4.79 Å². The van der Waals surface area contributed by atoms with Gasteiger partial charge in [-0.1, -0.05) is 144 Å². The van der Waals surface area contributed by atoms with Crippen LogP contribution in [0, 0.1) is 23.3 Å². The van der Waals surface area contributed by atoms with Crippen molar-refractivity contribution in [3.63, 3.8) is 0 Å². The van der Waals surface area contributed by atoms with Crippen LogP contribution in [0.2, 0.25) is 54.4 Å². The van der Waals surface area contributed by atoms with Crippen LogP contribution in [0.4, 0.5) is 0 Å². The Morgan fingerprint density at radius 2 is 1.57 bits per heavy atom. The minimum absolute atomic E-state index is 0.0576. The first-order valence-corrected chi connectivity index (χ1v) is 41.3. The highest BCUT2D eigenvalue weighted by atomic mass is 28.4. The topological polar surface area (TPSA) is 161 Å². The Morgan fingerprint density at radius 3 is 2.24 bits per heavy atom. The molecule has 18 heteroatoms. The molecule has 2 aromatic rings. The Morgan fingerprint density at radius 1 is 0.864 bits per heavy atom. The van der Waals surface area contributed by atoms with Crippen LogP contribution >= 0.6 is 0 Å². The van der Waals surface area contributed by atoms with Gasteiger partial charge in [0.15, 0.2) is 20.0 Å². The maximum absolute atomic E-state index is 13.9. The molecule has 5 aliphatic rings. The van der Waals surface area contributed by atoms with E-state index in [1.54, 1.807) is 32.8 Å². The molecule has 0 saturated carbocycles. The first-order valence-electron chi connectivity index (χ1n) is 33.1. The molecule has 0 aliphatic carbocycles. The Balaban J connectivity index is 1.20. The number of hydrogen-bond donors (Lipinski definition) is 0. The number of fused-ring (bicyclic) bond motifs is 9. The van der Waals surface area contributed by atoms with Crippen molar-refractivity contribution in [1.29, 1.82) is 0 Å². The maximum atomic E-state index is 13.9. The molecule has 4 saturated heterocycles. The highest BCUT2D eigenvalue weighted by Crippen LogP contribution is 2.47. The van der Waals surface area contributed by atoms with Crippen molar-refractivity contribution in [3.8, 4) is 11.5 Å². The fraction of sp³-hybridized carbons (Fsp3) is 0.700. The molecule has 490 valence electrons. The molecular formula is C70H110N2O13Si3. The molecule has 0 spiro atoms. The van der Waals surface area contributed by atoms with E-state index in [0.29, 0.717) is 84.9 Å². The van der Waals surface area contributed by atoms with Crippen molar-refractivity contribution in [1.82, 2.24) is 9.97 Å². The largest absolute Gasteiger partial charge is 0.458 e. The van der Waals surface area contributed by atoms with Gasteiger partial charge in [-0.15, -0.1) is 11.5 Å². The van der Waals surface area contributed by atoms with Crippen molar-refractivity contribution in [2.75, 3.05) is 20.8 Å². The molecule has 4 fully saturated rings. The quantitative estimate of drug-likeness (QED) is 0.0381. The summed E-state index contributed by atoms with van der Waals surface area (Å²) in [5, 5.41) is 0. The lowest BCUT2D eigenvalue weighted by molar-refractivity contribution is -0.276. The van der Waals surface area contributed by atoms with Crippen LogP contribution in [-0.4, -0.2) is 128 Å². The van der Waals surface area contributed by atoms with Gasteiger partial charge >= 0.3 is 5.97 Å². The van der Waals surface area contributed by atoms with E-state index in [0.717, 1.165) is 54.1 Å². The van der Waals surface area contributed by atoms with Crippen molar-refractivity contribution < 1.29 is 60.4 Å². The molecule has 8 bridgehead atoms. The molecular weight excluding hydrogens is 1160 g/mol. The molecule has 0 N–H and O–H groups in total. The zero-order valence-corrected chi connectivity index (χ0v) is 59.8. The number of allylic oxidation sites excluding steroid dienone is 2. The summed E-state index contributed by atoms with van der Waals surface area (Å²) in [6.45, 7) is 40.8. The van der Waals surface area contributed by atoms with Crippen molar-refractivity contribution >= 4 is 42.8 Å². The lowest BCUT2D eigenvalue weighted by Crippen LogP contribution is -2.60. The van der Waals surface area contributed by atoms with Gasteiger partial charge < -0.3 is 55.6 Å². The van der Waals surface area contributed by atoms with Crippen LogP contribution in [0.5, 0.6) is 0 Å². The third-order valence-electron chi connectivity index (χ3n) is 19.1. The first kappa shape index (κ1) is 71.6. The molecule has 14 atom stereocenters. The lowest BCUT2D eigenvalue weighted by atomic mass is 9.79. The summed E-state index contributed by atoms with van der Waals surface area (Å²) < 4.78 is 80.5. The van der Waals surface area contributed by atoms with Gasteiger partial charge in [0.2, 0.25) is 20.5 Å². The first-order chi connectivity index (χ1) is 41.8. The van der Waals surface area contributed by atoms with Gasteiger partial charge in [0.25, 0.3) is 0 Å². The third-order valence-corrected chi connectivity index (χ3v) is 30.8. The zero-order chi connectivity index (χ0) is 64.1. The molecule has 0 amide bonds. The second kappa shape index (κ2) is 32.2. The average molecular weight is 1270 g/mol. The highest BCUT2D eigenvalue weighted by molar-refractivity contribution is 6.83. The van der Waals surface area contributed by atoms with Gasteiger partial charge in [-0.3, -0.25) is 0 Å². The lowest BCUT2D eigenvalue weighted by Gasteiger charge is -2.51. The number of aromatic nitrogens is 2. The third kappa shape index (κ3) is 18.9. The molecule has 7 heterocycles. The van der Waals surface area contributed by atoms with Crippen molar-refractivity contribution in [2.24, 2.45) is 11.8 Å².